The number of nitrogens with zero attached hydrogens (tertiary/aromatic N) is 3. The van der Waals surface area contributed by atoms with Crippen LogP contribution in [0.3, 0.4) is 0 Å². The highest BCUT2D eigenvalue weighted by molar-refractivity contribution is 5.95. The summed E-state index contributed by atoms with van der Waals surface area (Å²) >= 11 is 0. The third-order valence-electron chi connectivity index (χ3n) is 4.74. The standard InChI is InChI=1S/C18H20F3N3O3/c1-11-10-24(16(26)17(3,27)18(19,20)21)12(2)9-23(11)15(25)14-6-4-13(8-22)5-7-14/h4-7,11-12,27H,9-10H2,1-3H3. The first-order chi connectivity index (χ1) is 12.4. The number of hydrogen-bond acceptors (Lipinski definition) is 4. The van der Waals surface area contributed by atoms with Gasteiger partial charge in [-0.1, -0.05) is 0 Å². The second kappa shape index (κ2) is 7.19. The molecule has 1 aromatic rings. The molecule has 3 atom stereocenters. The number of halogens is 3. The molecule has 2 amide bonds. The minimum absolute atomic E-state index is 0.0275. The fourth-order valence-corrected chi connectivity index (χ4v) is 2.95. The lowest BCUT2D eigenvalue weighted by Crippen LogP contribution is -2.65. The van der Waals surface area contributed by atoms with Crippen molar-refractivity contribution in [1.29, 1.82) is 5.26 Å². The van der Waals surface area contributed by atoms with Crippen LogP contribution in [-0.2, 0) is 4.79 Å². The predicted molar refractivity (Wildman–Crippen MR) is 89.5 cm³/mol. The van der Waals surface area contributed by atoms with Crippen molar-refractivity contribution >= 4 is 11.8 Å². The van der Waals surface area contributed by atoms with Crippen LogP contribution in [0.1, 0.15) is 36.7 Å². The van der Waals surface area contributed by atoms with Gasteiger partial charge in [0.05, 0.1) is 11.6 Å². The molecule has 27 heavy (non-hydrogen) atoms. The molecule has 1 aromatic carbocycles. The van der Waals surface area contributed by atoms with Gasteiger partial charge in [-0.15, -0.1) is 0 Å². The van der Waals surface area contributed by atoms with Crippen LogP contribution in [0, 0.1) is 11.3 Å². The molecule has 1 N–H and O–H groups in total. The Kier molecular flexibility index (Phi) is 5.52. The third kappa shape index (κ3) is 3.90. The number of nitriles is 1. The zero-order valence-corrected chi connectivity index (χ0v) is 15.1. The fraction of sp³-hybridized carbons (Fsp3) is 0.500. The Labute approximate surface area is 154 Å². The van der Waals surface area contributed by atoms with E-state index < -0.39 is 29.8 Å². The normalized spacial score (nSPS) is 22.7. The fourth-order valence-electron chi connectivity index (χ4n) is 2.95. The van der Waals surface area contributed by atoms with E-state index in [4.69, 9.17) is 5.26 Å². The molecule has 0 aromatic heterocycles. The summed E-state index contributed by atoms with van der Waals surface area (Å²) in [4.78, 5) is 27.4. The van der Waals surface area contributed by atoms with E-state index in [0.717, 1.165) is 4.90 Å². The summed E-state index contributed by atoms with van der Waals surface area (Å²) in [6.07, 6.45) is -5.09. The minimum Gasteiger partial charge on any atom is -0.373 e. The molecule has 0 spiro atoms. The minimum atomic E-state index is -5.09. The maximum atomic E-state index is 13.0. The van der Waals surface area contributed by atoms with Crippen molar-refractivity contribution in [3.8, 4) is 6.07 Å². The quantitative estimate of drug-likeness (QED) is 0.846. The van der Waals surface area contributed by atoms with Crippen molar-refractivity contribution in [3.63, 3.8) is 0 Å². The van der Waals surface area contributed by atoms with Gasteiger partial charge in [-0.3, -0.25) is 9.59 Å². The van der Waals surface area contributed by atoms with E-state index >= 15 is 0 Å². The molecule has 146 valence electrons. The van der Waals surface area contributed by atoms with E-state index in [1.165, 1.54) is 36.1 Å². The Hall–Kier alpha value is -2.60. The van der Waals surface area contributed by atoms with Crippen molar-refractivity contribution in [2.75, 3.05) is 13.1 Å². The van der Waals surface area contributed by atoms with Crippen molar-refractivity contribution in [3.05, 3.63) is 35.4 Å². The van der Waals surface area contributed by atoms with Crippen LogP contribution in [0.4, 0.5) is 13.2 Å². The van der Waals surface area contributed by atoms with Crippen LogP contribution in [0.15, 0.2) is 24.3 Å². The van der Waals surface area contributed by atoms with Crippen molar-refractivity contribution < 1.29 is 27.9 Å². The first-order valence-corrected chi connectivity index (χ1v) is 8.31. The lowest BCUT2D eigenvalue weighted by molar-refractivity contribution is -0.251. The number of amides is 2. The molecule has 2 rings (SSSR count). The van der Waals surface area contributed by atoms with Gasteiger partial charge < -0.3 is 14.9 Å². The molecule has 1 fully saturated rings. The molecule has 1 heterocycles. The molecule has 1 saturated heterocycles. The lowest BCUT2D eigenvalue weighted by Gasteiger charge is -2.46. The van der Waals surface area contributed by atoms with E-state index in [1.54, 1.807) is 6.92 Å². The molecule has 6 nitrogen and oxygen atoms in total. The van der Waals surface area contributed by atoms with Gasteiger partial charge in [0.1, 0.15) is 0 Å². The smallest absolute Gasteiger partial charge is 0.373 e. The molecule has 0 aliphatic carbocycles. The largest absolute Gasteiger partial charge is 0.426 e. The molecule has 9 heteroatoms. The summed E-state index contributed by atoms with van der Waals surface area (Å²) in [6.45, 7) is 3.47. The first kappa shape index (κ1) is 20.7. The maximum Gasteiger partial charge on any atom is 0.426 e. The number of hydrogen-bond donors (Lipinski definition) is 1. The van der Waals surface area contributed by atoms with Crippen molar-refractivity contribution in [1.82, 2.24) is 9.80 Å². The van der Waals surface area contributed by atoms with Gasteiger partial charge in [-0.05, 0) is 45.0 Å². The molecule has 3 unspecified atom stereocenters. The summed E-state index contributed by atoms with van der Waals surface area (Å²) in [6, 6.07) is 6.71. The number of alkyl halides is 3. The third-order valence-corrected chi connectivity index (χ3v) is 4.74. The van der Waals surface area contributed by atoms with Crippen LogP contribution in [0.25, 0.3) is 0 Å². The van der Waals surface area contributed by atoms with Gasteiger partial charge in [0.2, 0.25) is 5.60 Å². The van der Waals surface area contributed by atoms with Gasteiger partial charge in [-0.2, -0.15) is 18.4 Å². The number of aliphatic hydroxyl groups is 1. The molecule has 1 aliphatic heterocycles. The van der Waals surface area contributed by atoms with Crippen LogP contribution in [0.5, 0.6) is 0 Å². The lowest BCUT2D eigenvalue weighted by atomic mass is 9.99. The van der Waals surface area contributed by atoms with Gasteiger partial charge in [-0.25, -0.2) is 0 Å². The second-order valence-electron chi connectivity index (χ2n) is 6.87. The number of benzene rings is 1. The number of rotatable bonds is 2. The molecule has 0 saturated carbocycles. The van der Waals surface area contributed by atoms with E-state index in [1.807, 2.05) is 6.07 Å². The highest BCUT2D eigenvalue weighted by Crippen LogP contribution is 2.33. The maximum absolute atomic E-state index is 13.0. The number of carbonyl (C=O) groups excluding carboxylic acids is 2. The first-order valence-electron chi connectivity index (χ1n) is 8.31. The van der Waals surface area contributed by atoms with Crippen molar-refractivity contribution in [2.24, 2.45) is 0 Å². The topological polar surface area (TPSA) is 84.6 Å². The highest BCUT2D eigenvalue weighted by atomic mass is 19.4. The summed E-state index contributed by atoms with van der Waals surface area (Å²) < 4.78 is 38.9. The Bertz CT molecular complexity index is 769. The molecule has 0 radical (unpaired) electrons. The molecular weight excluding hydrogens is 363 g/mol. The average molecular weight is 383 g/mol. The molecule has 1 aliphatic rings. The van der Waals surface area contributed by atoms with Gasteiger partial charge in [0, 0.05) is 30.7 Å². The van der Waals surface area contributed by atoms with E-state index in [0.29, 0.717) is 18.1 Å². The zero-order chi connectivity index (χ0) is 20.6. The Morgan fingerprint density at radius 2 is 1.59 bits per heavy atom. The van der Waals surface area contributed by atoms with E-state index in [-0.39, 0.29) is 19.0 Å². The zero-order valence-electron chi connectivity index (χ0n) is 15.1. The summed E-state index contributed by atoms with van der Waals surface area (Å²) in [5, 5.41) is 18.5. The molecular formula is C18H20F3N3O3. The van der Waals surface area contributed by atoms with Gasteiger partial charge in [0.25, 0.3) is 11.8 Å². The number of carbonyl (C=O) groups is 2. The van der Waals surface area contributed by atoms with Crippen molar-refractivity contribution in [2.45, 2.75) is 44.6 Å². The Morgan fingerprint density at radius 1 is 1.11 bits per heavy atom. The second-order valence-corrected chi connectivity index (χ2v) is 6.87. The Balaban J connectivity index is 2.18. The summed E-state index contributed by atoms with van der Waals surface area (Å²) in [5.74, 6) is -1.77. The number of piperazine rings is 1. The van der Waals surface area contributed by atoms with Gasteiger partial charge in [0.15, 0.2) is 0 Å². The highest BCUT2D eigenvalue weighted by Gasteiger charge is 2.58. The summed E-state index contributed by atoms with van der Waals surface area (Å²) in [7, 11) is 0. The van der Waals surface area contributed by atoms with Gasteiger partial charge >= 0.3 is 6.18 Å². The van der Waals surface area contributed by atoms with Crippen LogP contribution in [0.2, 0.25) is 0 Å². The Morgan fingerprint density at radius 3 is 2.07 bits per heavy atom. The SMILES string of the molecule is CC1CN(C(=O)C(C)(O)C(F)(F)F)C(C)CN1C(=O)c1ccc(C#N)cc1. The summed E-state index contributed by atoms with van der Waals surface area (Å²) in [5.41, 5.74) is -2.74. The predicted octanol–water partition coefficient (Wildman–Crippen LogP) is 1.93. The average Bonchev–Trinajstić information content (AvgIpc) is 2.61. The molecule has 0 bridgehead atoms. The van der Waals surface area contributed by atoms with Crippen LogP contribution in [-0.4, -0.2) is 63.7 Å². The van der Waals surface area contributed by atoms with Crippen LogP contribution >= 0.6 is 0 Å². The van der Waals surface area contributed by atoms with E-state index in [9.17, 15) is 27.9 Å². The monoisotopic (exact) mass is 383 g/mol. The van der Waals surface area contributed by atoms with E-state index in [2.05, 4.69) is 0 Å². The van der Waals surface area contributed by atoms with Crippen LogP contribution < -0.4 is 0 Å².